The molecule has 4 rings (SSSR count). The maximum Gasteiger partial charge on any atom is 0.338 e. The van der Waals surface area contributed by atoms with Crippen LogP contribution in [-0.2, 0) is 20.9 Å². The molecule has 0 aromatic heterocycles. The maximum atomic E-state index is 13.6. The normalized spacial score (nSPS) is 15.2. The van der Waals surface area contributed by atoms with E-state index in [4.69, 9.17) is 28.6 Å². The van der Waals surface area contributed by atoms with Gasteiger partial charge in [-0.3, -0.25) is 14.5 Å². The molecule has 0 spiro atoms. The number of hydrogen-bond acceptors (Lipinski definition) is 5. The Hall–Kier alpha value is -3.82. The highest BCUT2D eigenvalue weighted by Gasteiger charge is 2.44. The summed E-state index contributed by atoms with van der Waals surface area (Å²) in [5.41, 5.74) is 2.07. The van der Waals surface area contributed by atoms with Crippen LogP contribution in [0, 0.1) is 5.82 Å². The fourth-order valence-electron chi connectivity index (χ4n) is 3.92. The van der Waals surface area contributed by atoms with Crippen molar-refractivity contribution in [1.82, 2.24) is 4.90 Å². The van der Waals surface area contributed by atoms with Crippen molar-refractivity contribution in [3.8, 4) is 0 Å². The SMILES string of the molecule is CCOC(=O)c1ccc(N2C(=O)[C@H](CC(=O)Nc3ccc(F)cc3)N(Cc3ccc(Cl)cc3)C2=S)cc1. The average molecular weight is 540 g/mol. The Balaban J connectivity index is 1.59. The Morgan fingerprint density at radius 3 is 2.30 bits per heavy atom. The Kier molecular flexibility index (Phi) is 8.15. The molecular weight excluding hydrogens is 517 g/mol. The number of amides is 2. The molecule has 190 valence electrons. The summed E-state index contributed by atoms with van der Waals surface area (Å²) in [6.07, 6.45) is -0.179. The predicted molar refractivity (Wildman–Crippen MR) is 143 cm³/mol. The summed E-state index contributed by atoms with van der Waals surface area (Å²) in [5, 5.41) is 3.49. The molecule has 3 aromatic carbocycles. The maximum absolute atomic E-state index is 13.6. The first kappa shape index (κ1) is 26.2. The molecule has 1 saturated heterocycles. The van der Waals surface area contributed by atoms with E-state index in [-0.39, 0.29) is 30.6 Å². The molecule has 1 N–H and O–H groups in total. The number of halogens is 2. The largest absolute Gasteiger partial charge is 0.462 e. The molecule has 1 atom stereocenters. The van der Waals surface area contributed by atoms with Gasteiger partial charge in [0.15, 0.2) is 5.11 Å². The van der Waals surface area contributed by atoms with Crippen LogP contribution in [0.5, 0.6) is 0 Å². The molecule has 1 aliphatic heterocycles. The highest BCUT2D eigenvalue weighted by molar-refractivity contribution is 7.80. The molecule has 0 saturated carbocycles. The second-order valence-electron chi connectivity index (χ2n) is 8.25. The number of rotatable bonds is 8. The van der Waals surface area contributed by atoms with Crippen LogP contribution < -0.4 is 10.2 Å². The Bertz CT molecular complexity index is 1320. The number of nitrogens with zero attached hydrogens (tertiary/aromatic N) is 2. The zero-order chi connectivity index (χ0) is 26.5. The van der Waals surface area contributed by atoms with Gasteiger partial charge in [0.05, 0.1) is 24.3 Å². The molecule has 1 heterocycles. The van der Waals surface area contributed by atoms with Crippen molar-refractivity contribution in [3.63, 3.8) is 0 Å². The van der Waals surface area contributed by atoms with Crippen LogP contribution in [0.2, 0.25) is 5.02 Å². The average Bonchev–Trinajstić information content (AvgIpc) is 3.10. The molecule has 37 heavy (non-hydrogen) atoms. The third-order valence-electron chi connectivity index (χ3n) is 5.73. The lowest BCUT2D eigenvalue weighted by molar-refractivity contribution is -0.124. The van der Waals surface area contributed by atoms with E-state index in [1.54, 1.807) is 48.2 Å². The van der Waals surface area contributed by atoms with Crippen molar-refractivity contribution < 1.29 is 23.5 Å². The fourth-order valence-corrected chi connectivity index (χ4v) is 4.43. The highest BCUT2D eigenvalue weighted by atomic mass is 35.5. The third-order valence-corrected chi connectivity index (χ3v) is 6.40. The second-order valence-corrected chi connectivity index (χ2v) is 9.05. The predicted octanol–water partition coefficient (Wildman–Crippen LogP) is 5.19. The number of hydrogen-bond donors (Lipinski definition) is 1. The van der Waals surface area contributed by atoms with E-state index in [0.717, 1.165) is 5.56 Å². The minimum atomic E-state index is -0.881. The van der Waals surface area contributed by atoms with Crippen molar-refractivity contribution in [2.75, 3.05) is 16.8 Å². The van der Waals surface area contributed by atoms with Crippen LogP contribution in [0.1, 0.15) is 29.3 Å². The van der Waals surface area contributed by atoms with E-state index in [1.807, 2.05) is 12.1 Å². The molecule has 10 heteroatoms. The number of carbonyl (C=O) groups excluding carboxylic acids is 3. The van der Waals surface area contributed by atoms with E-state index < -0.39 is 23.7 Å². The number of anilines is 2. The van der Waals surface area contributed by atoms with Crippen LogP contribution >= 0.6 is 23.8 Å². The first-order valence-corrected chi connectivity index (χ1v) is 12.3. The van der Waals surface area contributed by atoms with Crippen molar-refractivity contribution in [3.05, 3.63) is 94.8 Å². The van der Waals surface area contributed by atoms with E-state index in [2.05, 4.69) is 5.32 Å². The molecule has 0 aliphatic carbocycles. The standard InChI is InChI=1S/C27H23ClFN3O4S/c1-2-36-26(35)18-5-13-22(14-6-18)32-25(34)23(15-24(33)30-21-11-9-20(29)10-12-21)31(27(32)37)16-17-3-7-19(28)8-4-17/h3-14,23H,2,15-16H2,1H3,(H,30,33)/t23-/m0/s1. The molecule has 0 bridgehead atoms. The number of benzene rings is 3. The lowest BCUT2D eigenvalue weighted by atomic mass is 10.1. The smallest absolute Gasteiger partial charge is 0.338 e. The number of esters is 1. The second kappa shape index (κ2) is 11.5. The minimum absolute atomic E-state index is 0.179. The van der Waals surface area contributed by atoms with Gasteiger partial charge in [0, 0.05) is 17.3 Å². The van der Waals surface area contributed by atoms with Gasteiger partial charge in [-0.25, -0.2) is 9.18 Å². The quantitative estimate of drug-likeness (QED) is 0.314. The van der Waals surface area contributed by atoms with Crippen LogP contribution in [-0.4, -0.2) is 40.4 Å². The summed E-state index contributed by atoms with van der Waals surface area (Å²) < 4.78 is 18.2. The molecule has 2 amide bonds. The Morgan fingerprint density at radius 1 is 1.03 bits per heavy atom. The summed E-state index contributed by atoms with van der Waals surface area (Å²) in [5.74, 6) is -1.69. The summed E-state index contributed by atoms with van der Waals surface area (Å²) >= 11 is 11.7. The molecule has 7 nitrogen and oxygen atoms in total. The minimum Gasteiger partial charge on any atom is -0.462 e. The van der Waals surface area contributed by atoms with Gasteiger partial charge in [0.1, 0.15) is 11.9 Å². The first-order valence-electron chi connectivity index (χ1n) is 11.5. The Labute approximate surface area is 223 Å². The van der Waals surface area contributed by atoms with Crippen molar-refractivity contribution >= 4 is 58.1 Å². The van der Waals surface area contributed by atoms with Crippen LogP contribution in [0.3, 0.4) is 0 Å². The molecule has 0 radical (unpaired) electrons. The summed E-state index contributed by atoms with van der Waals surface area (Å²) in [4.78, 5) is 41.5. The fraction of sp³-hybridized carbons (Fsp3) is 0.185. The van der Waals surface area contributed by atoms with E-state index in [9.17, 15) is 18.8 Å². The van der Waals surface area contributed by atoms with Crippen LogP contribution in [0.4, 0.5) is 15.8 Å². The first-order chi connectivity index (χ1) is 17.8. The summed E-state index contributed by atoms with van der Waals surface area (Å²) in [6.45, 7) is 2.24. The van der Waals surface area contributed by atoms with Gasteiger partial charge in [0.2, 0.25) is 5.91 Å². The monoisotopic (exact) mass is 539 g/mol. The zero-order valence-electron chi connectivity index (χ0n) is 19.8. The van der Waals surface area contributed by atoms with Gasteiger partial charge < -0.3 is 15.0 Å². The summed E-state index contributed by atoms with van der Waals surface area (Å²) in [7, 11) is 0. The van der Waals surface area contributed by atoms with E-state index in [1.165, 1.54) is 29.2 Å². The molecule has 1 fully saturated rings. The van der Waals surface area contributed by atoms with Crippen molar-refractivity contribution in [2.45, 2.75) is 25.9 Å². The summed E-state index contributed by atoms with van der Waals surface area (Å²) in [6, 6.07) is 17.9. The zero-order valence-corrected chi connectivity index (χ0v) is 21.4. The van der Waals surface area contributed by atoms with Gasteiger partial charge in [-0.05, 0) is 85.4 Å². The number of carbonyl (C=O) groups is 3. The number of ether oxygens (including phenoxy) is 1. The van der Waals surface area contributed by atoms with Crippen molar-refractivity contribution in [1.29, 1.82) is 0 Å². The van der Waals surface area contributed by atoms with Gasteiger partial charge in [-0.2, -0.15) is 0 Å². The van der Waals surface area contributed by atoms with Gasteiger partial charge >= 0.3 is 5.97 Å². The molecular formula is C27H23ClFN3O4S. The van der Waals surface area contributed by atoms with E-state index in [0.29, 0.717) is 22.0 Å². The molecule has 1 aliphatic rings. The lowest BCUT2D eigenvalue weighted by Gasteiger charge is -2.24. The lowest BCUT2D eigenvalue weighted by Crippen LogP contribution is -2.37. The highest BCUT2D eigenvalue weighted by Crippen LogP contribution is 2.29. The topological polar surface area (TPSA) is 78.9 Å². The van der Waals surface area contributed by atoms with Gasteiger partial charge in [-0.1, -0.05) is 23.7 Å². The van der Waals surface area contributed by atoms with Crippen LogP contribution in [0.15, 0.2) is 72.8 Å². The van der Waals surface area contributed by atoms with Gasteiger partial charge in [0.25, 0.3) is 5.91 Å². The van der Waals surface area contributed by atoms with E-state index >= 15 is 0 Å². The Morgan fingerprint density at radius 2 is 1.68 bits per heavy atom. The van der Waals surface area contributed by atoms with Crippen LogP contribution in [0.25, 0.3) is 0 Å². The molecule has 3 aromatic rings. The molecule has 0 unspecified atom stereocenters. The number of nitrogens with one attached hydrogen (secondary N) is 1. The third kappa shape index (κ3) is 6.12. The van der Waals surface area contributed by atoms with Gasteiger partial charge in [-0.15, -0.1) is 0 Å². The number of thiocarbonyl (C=S) groups is 1. The van der Waals surface area contributed by atoms with Crippen molar-refractivity contribution in [2.24, 2.45) is 0 Å².